The van der Waals surface area contributed by atoms with Crippen LogP contribution in [0.1, 0.15) is 74.6 Å². The first kappa shape index (κ1) is 18.6. The van der Waals surface area contributed by atoms with Gasteiger partial charge in [0.1, 0.15) is 10.8 Å². The molecule has 1 amide bonds. The van der Waals surface area contributed by atoms with E-state index in [2.05, 4.69) is 5.32 Å². The molecular weight excluding hydrogens is 354 g/mol. The van der Waals surface area contributed by atoms with Gasteiger partial charge in [-0.3, -0.25) is 4.79 Å². The van der Waals surface area contributed by atoms with E-state index in [9.17, 15) is 4.79 Å². The fraction of sp³-hybridized carbons (Fsp3) is 0.545. The highest BCUT2D eigenvalue weighted by Gasteiger charge is 2.23. The van der Waals surface area contributed by atoms with Gasteiger partial charge >= 0.3 is 0 Å². The van der Waals surface area contributed by atoms with Gasteiger partial charge in [-0.15, -0.1) is 11.8 Å². The van der Waals surface area contributed by atoms with Crippen LogP contribution < -0.4 is 5.32 Å². The second-order valence-corrected chi connectivity index (χ2v) is 9.09. The maximum absolute atomic E-state index is 13.0. The van der Waals surface area contributed by atoms with E-state index in [1.54, 1.807) is 0 Å². The van der Waals surface area contributed by atoms with Crippen LogP contribution >= 0.6 is 11.8 Å². The van der Waals surface area contributed by atoms with Gasteiger partial charge in [-0.1, -0.05) is 38.5 Å². The van der Waals surface area contributed by atoms with E-state index in [1.165, 1.54) is 51.4 Å². The van der Waals surface area contributed by atoms with Crippen LogP contribution in [0, 0.1) is 0 Å². The van der Waals surface area contributed by atoms with Crippen molar-refractivity contribution >= 4 is 17.7 Å². The first-order valence-electron chi connectivity index (χ1n) is 10.4. The summed E-state index contributed by atoms with van der Waals surface area (Å²) in [5, 5.41) is 4.73. The zero-order chi connectivity index (χ0) is 18.5. The normalized spacial score (nSPS) is 19.1. The largest absolute Gasteiger partial charge is 0.349 e. The lowest BCUT2D eigenvalue weighted by Gasteiger charge is -2.24. The van der Waals surface area contributed by atoms with Gasteiger partial charge in [0.15, 0.2) is 0 Å². The molecule has 0 atom stereocenters. The highest BCUT2D eigenvalue weighted by Crippen LogP contribution is 2.35. The van der Waals surface area contributed by atoms with Crippen LogP contribution in [0.2, 0.25) is 0 Å². The van der Waals surface area contributed by atoms with Crippen molar-refractivity contribution in [3.63, 3.8) is 0 Å². The summed E-state index contributed by atoms with van der Waals surface area (Å²) < 4.78 is 2.01. The van der Waals surface area contributed by atoms with Crippen molar-refractivity contribution in [1.82, 2.24) is 14.9 Å². The van der Waals surface area contributed by atoms with Crippen LogP contribution in [-0.4, -0.2) is 26.8 Å². The zero-order valence-electron chi connectivity index (χ0n) is 15.9. The van der Waals surface area contributed by atoms with Gasteiger partial charge in [-0.25, -0.2) is 4.98 Å². The molecule has 2 aliphatic carbocycles. The summed E-state index contributed by atoms with van der Waals surface area (Å²) in [6, 6.07) is 8.24. The molecule has 0 spiro atoms. The Kier molecular flexibility index (Phi) is 6.17. The molecule has 4 nitrogen and oxygen atoms in total. The maximum Gasteiger partial charge on any atom is 0.254 e. The molecule has 2 heterocycles. The molecule has 5 heteroatoms. The molecule has 0 bridgehead atoms. The zero-order valence-corrected chi connectivity index (χ0v) is 16.7. The Morgan fingerprint density at radius 1 is 0.963 bits per heavy atom. The molecule has 144 valence electrons. The smallest absolute Gasteiger partial charge is 0.254 e. The van der Waals surface area contributed by atoms with Gasteiger partial charge in [0, 0.05) is 23.7 Å². The van der Waals surface area contributed by atoms with Crippen molar-refractivity contribution in [1.29, 1.82) is 0 Å². The molecule has 0 unspecified atom stereocenters. The standard InChI is InChI=1S/C22H29N3OS/c26-21(23-17-9-3-1-4-10-17)19-13-14-20(25-15-7-8-16-25)24-22(19)27-18-11-5-2-6-12-18/h7-8,13-18H,1-6,9-12H2,(H,23,26). The first-order chi connectivity index (χ1) is 13.3. The molecule has 2 aliphatic rings. The van der Waals surface area contributed by atoms with Crippen LogP contribution in [0.4, 0.5) is 0 Å². The third kappa shape index (κ3) is 4.75. The Hall–Kier alpha value is -1.75. The average molecular weight is 384 g/mol. The summed E-state index contributed by atoms with van der Waals surface area (Å²) in [5.74, 6) is 0.930. The average Bonchev–Trinajstić information content (AvgIpc) is 3.24. The van der Waals surface area contributed by atoms with Gasteiger partial charge in [-0.05, 0) is 49.9 Å². The molecule has 2 saturated carbocycles. The lowest BCUT2D eigenvalue weighted by Crippen LogP contribution is -2.36. The summed E-state index contributed by atoms with van der Waals surface area (Å²) >= 11 is 1.81. The van der Waals surface area contributed by atoms with E-state index in [1.807, 2.05) is 53.0 Å². The highest BCUT2D eigenvalue weighted by atomic mass is 32.2. The van der Waals surface area contributed by atoms with Crippen LogP contribution in [-0.2, 0) is 0 Å². The summed E-state index contributed by atoms with van der Waals surface area (Å²) in [6.45, 7) is 0. The quantitative estimate of drug-likeness (QED) is 0.756. The van der Waals surface area contributed by atoms with Gasteiger partial charge < -0.3 is 9.88 Å². The van der Waals surface area contributed by atoms with E-state index in [0.717, 1.165) is 29.2 Å². The first-order valence-corrected chi connectivity index (χ1v) is 11.3. The van der Waals surface area contributed by atoms with Crippen molar-refractivity contribution in [3.8, 4) is 5.82 Å². The Morgan fingerprint density at radius 3 is 2.33 bits per heavy atom. The topological polar surface area (TPSA) is 46.9 Å². The Bertz CT molecular complexity index is 747. The highest BCUT2D eigenvalue weighted by molar-refractivity contribution is 7.99. The molecule has 27 heavy (non-hydrogen) atoms. The Balaban J connectivity index is 1.57. The van der Waals surface area contributed by atoms with Gasteiger partial charge in [0.25, 0.3) is 5.91 Å². The van der Waals surface area contributed by atoms with E-state index < -0.39 is 0 Å². The minimum atomic E-state index is 0.0479. The predicted molar refractivity (Wildman–Crippen MR) is 111 cm³/mol. The number of amides is 1. The summed E-state index contributed by atoms with van der Waals surface area (Å²) in [4.78, 5) is 17.9. The molecule has 2 aromatic rings. The molecule has 2 fully saturated rings. The number of nitrogens with zero attached hydrogens (tertiary/aromatic N) is 2. The lowest BCUT2D eigenvalue weighted by atomic mass is 9.95. The van der Waals surface area contributed by atoms with Gasteiger partial charge in [0.05, 0.1) is 5.56 Å². The number of rotatable bonds is 5. The van der Waals surface area contributed by atoms with Crippen molar-refractivity contribution < 1.29 is 4.79 Å². The third-order valence-electron chi connectivity index (χ3n) is 5.73. The number of thioether (sulfide) groups is 1. The van der Waals surface area contributed by atoms with Gasteiger partial charge in [-0.2, -0.15) is 0 Å². The maximum atomic E-state index is 13.0. The number of aromatic nitrogens is 2. The molecule has 0 saturated heterocycles. The molecule has 0 aromatic carbocycles. The Labute approximate surface area is 166 Å². The third-order valence-corrected chi connectivity index (χ3v) is 7.07. The van der Waals surface area contributed by atoms with Crippen molar-refractivity contribution in [3.05, 3.63) is 42.2 Å². The molecule has 0 aliphatic heterocycles. The van der Waals surface area contributed by atoms with Crippen LogP contribution in [0.15, 0.2) is 41.7 Å². The lowest BCUT2D eigenvalue weighted by molar-refractivity contribution is 0.0924. The van der Waals surface area contributed by atoms with Crippen LogP contribution in [0.5, 0.6) is 0 Å². The van der Waals surface area contributed by atoms with Gasteiger partial charge in [0.2, 0.25) is 0 Å². The molecular formula is C22H29N3OS. The van der Waals surface area contributed by atoms with Crippen molar-refractivity contribution in [2.45, 2.75) is 80.5 Å². The molecule has 1 N–H and O–H groups in total. The van der Waals surface area contributed by atoms with Crippen molar-refractivity contribution in [2.75, 3.05) is 0 Å². The monoisotopic (exact) mass is 383 g/mol. The number of carbonyl (C=O) groups excluding carboxylic acids is 1. The number of hydrogen-bond donors (Lipinski definition) is 1. The molecule has 4 rings (SSSR count). The number of hydrogen-bond acceptors (Lipinski definition) is 3. The second kappa shape index (κ2) is 8.96. The summed E-state index contributed by atoms with van der Waals surface area (Å²) in [5.41, 5.74) is 0.743. The van der Waals surface area contributed by atoms with Crippen LogP contribution in [0.3, 0.4) is 0 Å². The summed E-state index contributed by atoms with van der Waals surface area (Å²) in [6.07, 6.45) is 16.3. The SMILES string of the molecule is O=C(NC1CCCCC1)c1ccc(-n2cccc2)nc1SC1CCCCC1. The minimum absolute atomic E-state index is 0.0479. The second-order valence-electron chi connectivity index (χ2n) is 7.80. The number of nitrogens with one attached hydrogen (secondary N) is 1. The van der Waals surface area contributed by atoms with E-state index in [-0.39, 0.29) is 5.91 Å². The molecule has 2 aromatic heterocycles. The van der Waals surface area contributed by atoms with Crippen molar-refractivity contribution in [2.24, 2.45) is 0 Å². The number of carbonyl (C=O) groups is 1. The van der Waals surface area contributed by atoms with E-state index in [4.69, 9.17) is 4.98 Å². The van der Waals surface area contributed by atoms with E-state index in [0.29, 0.717) is 11.3 Å². The van der Waals surface area contributed by atoms with E-state index >= 15 is 0 Å². The molecule has 0 radical (unpaired) electrons. The Morgan fingerprint density at radius 2 is 1.63 bits per heavy atom. The fourth-order valence-electron chi connectivity index (χ4n) is 4.18. The van der Waals surface area contributed by atoms with Crippen LogP contribution in [0.25, 0.3) is 5.82 Å². The predicted octanol–water partition coefficient (Wildman–Crippen LogP) is 5.36. The number of pyridine rings is 1. The summed E-state index contributed by atoms with van der Waals surface area (Å²) in [7, 11) is 0. The fourth-order valence-corrected chi connectivity index (χ4v) is 5.49. The minimum Gasteiger partial charge on any atom is -0.349 e.